The summed E-state index contributed by atoms with van der Waals surface area (Å²) in [4.78, 5) is 15.0. The van der Waals surface area contributed by atoms with E-state index >= 15 is 0 Å². The van der Waals surface area contributed by atoms with E-state index in [1.807, 2.05) is 80.7 Å². The minimum Gasteiger partial charge on any atom is -0.373 e. The van der Waals surface area contributed by atoms with Gasteiger partial charge in [-0.1, -0.05) is 61.9 Å². The Kier molecular flexibility index (Phi) is 6.87. The van der Waals surface area contributed by atoms with E-state index in [0.717, 1.165) is 40.2 Å². The summed E-state index contributed by atoms with van der Waals surface area (Å²) in [5.74, 6) is 0.987. The molecular weight excluding hydrogens is 426 g/mol. The highest BCUT2D eigenvalue weighted by atomic mass is 16.2. The number of amides is 2. The second-order valence-corrected chi connectivity index (χ2v) is 8.73. The normalized spacial score (nSPS) is 10.9. The van der Waals surface area contributed by atoms with Crippen molar-refractivity contribution in [3.8, 4) is 22.5 Å². The Morgan fingerprint density at radius 1 is 1.00 bits per heavy atom. The average Bonchev–Trinajstić information content (AvgIpc) is 3.35. The quantitative estimate of drug-likeness (QED) is 0.338. The van der Waals surface area contributed by atoms with E-state index in [2.05, 4.69) is 50.0 Å². The van der Waals surface area contributed by atoms with Crippen molar-refractivity contribution in [2.24, 2.45) is 5.92 Å². The van der Waals surface area contributed by atoms with Gasteiger partial charge < -0.3 is 15.5 Å². The molecule has 0 aliphatic rings. The second kappa shape index (κ2) is 10.2. The lowest BCUT2D eigenvalue weighted by atomic mass is 9.98. The van der Waals surface area contributed by atoms with E-state index in [4.69, 9.17) is 0 Å². The molecule has 4 rings (SSSR count). The molecule has 1 aromatic heterocycles. The van der Waals surface area contributed by atoms with Gasteiger partial charge in [0.2, 0.25) is 5.82 Å². The number of urea groups is 1. The van der Waals surface area contributed by atoms with Crippen molar-refractivity contribution in [2.45, 2.75) is 20.8 Å². The van der Waals surface area contributed by atoms with Gasteiger partial charge in [-0.2, -0.15) is 5.21 Å². The van der Waals surface area contributed by atoms with Crippen LogP contribution in [0.1, 0.15) is 19.4 Å². The average molecular weight is 456 g/mol. The van der Waals surface area contributed by atoms with Gasteiger partial charge in [0.05, 0.1) is 11.4 Å². The number of anilines is 3. The van der Waals surface area contributed by atoms with Crippen molar-refractivity contribution in [3.63, 3.8) is 0 Å². The smallest absolute Gasteiger partial charge is 0.323 e. The van der Waals surface area contributed by atoms with E-state index in [0.29, 0.717) is 17.4 Å². The molecule has 4 aromatic rings. The van der Waals surface area contributed by atoms with E-state index in [1.54, 1.807) is 0 Å². The molecule has 0 unspecified atom stereocenters. The monoisotopic (exact) mass is 455 g/mol. The van der Waals surface area contributed by atoms with Gasteiger partial charge in [0.15, 0.2) is 0 Å². The molecule has 0 aliphatic heterocycles. The van der Waals surface area contributed by atoms with Crippen LogP contribution in [0.5, 0.6) is 0 Å². The molecule has 8 nitrogen and oxygen atoms in total. The standard InChI is InChI=1S/C26H29N7O/c1-17(2)16-33(4)24-14-11-19(21-7-5-6-8-22(21)25-29-31-32-30-25)15-23(24)28-26(34)27-20-12-9-18(3)10-13-20/h5-15,17H,16H2,1-4H3,(H2,27,28,34)(H,29,30,31,32). The number of benzene rings is 3. The number of carbonyl (C=O) groups is 1. The summed E-state index contributed by atoms with van der Waals surface area (Å²) in [6.07, 6.45) is 0. The molecule has 0 saturated heterocycles. The third kappa shape index (κ3) is 5.40. The molecule has 0 bridgehead atoms. The Morgan fingerprint density at radius 2 is 1.74 bits per heavy atom. The molecule has 3 N–H and O–H groups in total. The first-order valence-corrected chi connectivity index (χ1v) is 11.2. The van der Waals surface area contributed by atoms with E-state index in [9.17, 15) is 4.79 Å². The van der Waals surface area contributed by atoms with Crippen molar-refractivity contribution in [1.82, 2.24) is 20.6 Å². The molecule has 34 heavy (non-hydrogen) atoms. The predicted octanol–water partition coefficient (Wildman–Crippen LogP) is 5.58. The van der Waals surface area contributed by atoms with Gasteiger partial charge in [0.1, 0.15) is 0 Å². The zero-order valence-electron chi connectivity index (χ0n) is 19.8. The van der Waals surface area contributed by atoms with Crippen LogP contribution in [0.4, 0.5) is 21.9 Å². The lowest BCUT2D eigenvalue weighted by Crippen LogP contribution is -2.26. The molecule has 0 fully saturated rings. The van der Waals surface area contributed by atoms with Gasteiger partial charge in [-0.3, -0.25) is 0 Å². The van der Waals surface area contributed by atoms with Crippen LogP contribution in [0.2, 0.25) is 0 Å². The highest BCUT2D eigenvalue weighted by Crippen LogP contribution is 2.35. The van der Waals surface area contributed by atoms with Gasteiger partial charge in [-0.15, -0.1) is 10.2 Å². The van der Waals surface area contributed by atoms with Crippen LogP contribution in [0.3, 0.4) is 0 Å². The lowest BCUT2D eigenvalue weighted by Gasteiger charge is -2.25. The van der Waals surface area contributed by atoms with Crippen LogP contribution >= 0.6 is 0 Å². The largest absolute Gasteiger partial charge is 0.373 e. The number of nitrogens with one attached hydrogen (secondary N) is 3. The van der Waals surface area contributed by atoms with Gasteiger partial charge in [0, 0.05) is 24.8 Å². The number of rotatable bonds is 7. The molecule has 2 amide bonds. The molecule has 0 saturated carbocycles. The van der Waals surface area contributed by atoms with Crippen LogP contribution in [-0.2, 0) is 0 Å². The number of tetrazole rings is 1. The zero-order valence-corrected chi connectivity index (χ0v) is 19.8. The second-order valence-electron chi connectivity index (χ2n) is 8.73. The molecule has 0 aliphatic carbocycles. The van der Waals surface area contributed by atoms with Crippen LogP contribution < -0.4 is 15.5 Å². The number of carbonyl (C=O) groups excluding carboxylic acids is 1. The fraction of sp³-hybridized carbons (Fsp3) is 0.231. The lowest BCUT2D eigenvalue weighted by molar-refractivity contribution is 0.262. The fourth-order valence-corrected chi connectivity index (χ4v) is 3.91. The molecule has 0 atom stereocenters. The van der Waals surface area contributed by atoms with Gasteiger partial charge in [-0.05, 0) is 53.4 Å². The van der Waals surface area contributed by atoms with E-state index in [-0.39, 0.29) is 6.03 Å². The first-order valence-electron chi connectivity index (χ1n) is 11.2. The maximum atomic E-state index is 12.9. The first kappa shape index (κ1) is 23.0. The number of aromatic amines is 1. The van der Waals surface area contributed by atoms with Crippen LogP contribution in [0.15, 0.2) is 66.7 Å². The highest BCUT2D eigenvalue weighted by Gasteiger charge is 2.16. The number of aryl methyl sites for hydroxylation is 1. The Hall–Kier alpha value is -4.20. The van der Waals surface area contributed by atoms with Gasteiger partial charge >= 0.3 is 6.03 Å². The molecular formula is C26H29N7O. The maximum absolute atomic E-state index is 12.9. The van der Waals surface area contributed by atoms with Crippen molar-refractivity contribution in [3.05, 3.63) is 72.3 Å². The summed E-state index contributed by atoms with van der Waals surface area (Å²) >= 11 is 0. The molecule has 0 spiro atoms. The summed E-state index contributed by atoms with van der Waals surface area (Å²) in [7, 11) is 2.03. The van der Waals surface area contributed by atoms with E-state index in [1.165, 1.54) is 0 Å². The number of hydrogen-bond acceptors (Lipinski definition) is 5. The number of H-pyrrole nitrogens is 1. The van der Waals surface area contributed by atoms with Gasteiger partial charge in [0.25, 0.3) is 0 Å². The minimum absolute atomic E-state index is 0.299. The Balaban J connectivity index is 1.69. The van der Waals surface area contributed by atoms with Crippen LogP contribution in [0.25, 0.3) is 22.5 Å². The number of aromatic nitrogens is 4. The van der Waals surface area contributed by atoms with Gasteiger partial charge in [-0.25, -0.2) is 4.79 Å². The number of nitrogens with zero attached hydrogens (tertiary/aromatic N) is 4. The van der Waals surface area contributed by atoms with Crippen LogP contribution in [0, 0.1) is 12.8 Å². The SMILES string of the molecule is Cc1ccc(NC(=O)Nc2cc(-c3ccccc3-c3nn[nH]n3)ccc2N(C)CC(C)C)cc1. The van der Waals surface area contributed by atoms with Crippen molar-refractivity contribution >= 4 is 23.1 Å². The van der Waals surface area contributed by atoms with Crippen molar-refractivity contribution in [1.29, 1.82) is 0 Å². The Labute approximate surface area is 199 Å². The summed E-state index contributed by atoms with van der Waals surface area (Å²) in [6.45, 7) is 7.21. The molecule has 8 heteroatoms. The third-order valence-electron chi connectivity index (χ3n) is 5.43. The topological polar surface area (TPSA) is 98.8 Å². The third-order valence-corrected chi connectivity index (χ3v) is 5.43. The van der Waals surface area contributed by atoms with E-state index < -0.39 is 0 Å². The molecule has 0 radical (unpaired) electrons. The summed E-state index contributed by atoms with van der Waals surface area (Å²) < 4.78 is 0. The maximum Gasteiger partial charge on any atom is 0.323 e. The summed E-state index contributed by atoms with van der Waals surface area (Å²) in [5.41, 5.74) is 6.27. The first-order chi connectivity index (χ1) is 16.4. The Bertz CT molecular complexity index is 1250. The van der Waals surface area contributed by atoms with Crippen LogP contribution in [-0.4, -0.2) is 40.2 Å². The molecule has 3 aromatic carbocycles. The fourth-order valence-electron chi connectivity index (χ4n) is 3.91. The zero-order chi connectivity index (χ0) is 24.1. The summed E-state index contributed by atoms with van der Waals surface area (Å²) in [6, 6.07) is 21.3. The molecule has 1 heterocycles. The minimum atomic E-state index is -0.299. The molecule has 174 valence electrons. The number of hydrogen-bond donors (Lipinski definition) is 3. The van der Waals surface area contributed by atoms with Crippen molar-refractivity contribution < 1.29 is 4.79 Å². The highest BCUT2D eigenvalue weighted by molar-refractivity contribution is 6.02. The predicted molar refractivity (Wildman–Crippen MR) is 137 cm³/mol. The van der Waals surface area contributed by atoms with Crippen molar-refractivity contribution in [2.75, 3.05) is 29.1 Å². The Morgan fingerprint density at radius 3 is 2.41 bits per heavy atom. The summed E-state index contributed by atoms with van der Waals surface area (Å²) in [5, 5.41) is 20.4.